The Kier molecular flexibility index (Phi) is 3.66. The van der Waals surface area contributed by atoms with Crippen molar-refractivity contribution in [3.05, 3.63) is 29.8 Å². The Labute approximate surface area is 118 Å². The van der Waals surface area contributed by atoms with E-state index in [1.807, 2.05) is 0 Å². The Hall–Kier alpha value is -2.09. The largest absolute Gasteiger partial charge is 0.507 e. The highest BCUT2D eigenvalue weighted by atomic mass is 19.4. The summed E-state index contributed by atoms with van der Waals surface area (Å²) in [7, 11) is 0. The number of halogens is 3. The number of aliphatic hydroxyl groups is 1. The van der Waals surface area contributed by atoms with Gasteiger partial charge in [0.25, 0.3) is 5.91 Å². The average Bonchev–Trinajstić information content (AvgIpc) is 2.77. The van der Waals surface area contributed by atoms with Crippen LogP contribution in [0, 0.1) is 0 Å². The molecule has 8 heteroatoms. The molecule has 1 atom stereocenters. The first kappa shape index (κ1) is 15.3. The van der Waals surface area contributed by atoms with Crippen LogP contribution >= 0.6 is 0 Å². The number of rotatable bonds is 2. The molecule has 0 bridgehead atoms. The van der Waals surface area contributed by atoms with Crippen LogP contribution in [0.3, 0.4) is 0 Å². The first-order valence-electron chi connectivity index (χ1n) is 6.18. The molecule has 1 amide bonds. The number of alkyl halides is 3. The van der Waals surface area contributed by atoms with Crippen molar-refractivity contribution in [2.24, 2.45) is 5.10 Å². The molecule has 1 aliphatic heterocycles. The van der Waals surface area contributed by atoms with Crippen molar-refractivity contribution < 1.29 is 28.2 Å². The van der Waals surface area contributed by atoms with Gasteiger partial charge in [0.1, 0.15) is 11.5 Å². The molecule has 1 aromatic rings. The molecule has 0 aliphatic carbocycles. The van der Waals surface area contributed by atoms with Gasteiger partial charge in [-0.1, -0.05) is 19.1 Å². The third kappa shape index (κ3) is 2.71. The number of benzene rings is 1. The Balaban J connectivity index is 2.42. The number of aromatic hydroxyl groups is 1. The van der Waals surface area contributed by atoms with E-state index in [0.717, 1.165) is 0 Å². The molecule has 1 heterocycles. The summed E-state index contributed by atoms with van der Waals surface area (Å²) < 4.78 is 38.2. The SMILES string of the molecule is CCC1(O)CC(C(F)(F)F)=NN1C(=O)c1ccccc1O. The summed E-state index contributed by atoms with van der Waals surface area (Å²) in [5, 5.41) is 23.4. The van der Waals surface area contributed by atoms with Crippen LogP contribution in [0.25, 0.3) is 0 Å². The normalized spacial score (nSPS) is 22.3. The Morgan fingerprint density at radius 1 is 1.43 bits per heavy atom. The van der Waals surface area contributed by atoms with Crippen LogP contribution in [0.4, 0.5) is 13.2 Å². The quantitative estimate of drug-likeness (QED) is 0.880. The first-order chi connectivity index (χ1) is 9.69. The highest BCUT2D eigenvalue weighted by Gasteiger charge is 2.51. The predicted molar refractivity (Wildman–Crippen MR) is 67.6 cm³/mol. The van der Waals surface area contributed by atoms with Gasteiger partial charge in [-0.05, 0) is 18.6 Å². The van der Waals surface area contributed by atoms with Gasteiger partial charge in [-0.15, -0.1) is 0 Å². The zero-order valence-electron chi connectivity index (χ0n) is 11.1. The summed E-state index contributed by atoms with van der Waals surface area (Å²) >= 11 is 0. The number of hydrazone groups is 1. The number of para-hydroxylation sites is 1. The molecule has 0 saturated carbocycles. The van der Waals surface area contributed by atoms with E-state index in [1.165, 1.54) is 31.2 Å². The number of amides is 1. The monoisotopic (exact) mass is 302 g/mol. The molecule has 0 aromatic heterocycles. The third-order valence-electron chi connectivity index (χ3n) is 3.29. The van der Waals surface area contributed by atoms with Gasteiger partial charge >= 0.3 is 6.18 Å². The van der Waals surface area contributed by atoms with Crippen LogP contribution in [0.15, 0.2) is 29.4 Å². The van der Waals surface area contributed by atoms with E-state index in [9.17, 15) is 28.2 Å². The summed E-state index contributed by atoms with van der Waals surface area (Å²) in [6, 6.07) is 5.38. The van der Waals surface area contributed by atoms with Gasteiger partial charge in [0.15, 0.2) is 5.72 Å². The van der Waals surface area contributed by atoms with Crippen molar-refractivity contribution in [3.8, 4) is 5.75 Å². The van der Waals surface area contributed by atoms with Crippen molar-refractivity contribution in [3.63, 3.8) is 0 Å². The van der Waals surface area contributed by atoms with E-state index in [2.05, 4.69) is 5.10 Å². The molecule has 1 aliphatic rings. The van der Waals surface area contributed by atoms with E-state index in [0.29, 0.717) is 5.01 Å². The van der Waals surface area contributed by atoms with E-state index >= 15 is 0 Å². The molecule has 2 N–H and O–H groups in total. The molecule has 0 fully saturated rings. The minimum Gasteiger partial charge on any atom is -0.507 e. The Bertz CT molecular complexity index is 601. The number of carbonyl (C=O) groups excluding carboxylic acids is 1. The molecule has 0 radical (unpaired) electrons. The molecule has 114 valence electrons. The summed E-state index contributed by atoms with van der Waals surface area (Å²) in [5.74, 6) is -1.38. The zero-order valence-corrected chi connectivity index (χ0v) is 11.1. The van der Waals surface area contributed by atoms with Gasteiger partial charge in [-0.25, -0.2) is 0 Å². The number of carbonyl (C=O) groups is 1. The second kappa shape index (κ2) is 5.03. The number of phenols is 1. The topological polar surface area (TPSA) is 73.1 Å². The standard InChI is InChI=1S/C13H13F3N2O3/c1-2-12(21)7-10(13(14,15)16)17-18(12)11(20)8-5-3-4-6-9(8)19/h3-6,19,21H,2,7H2,1H3. The lowest BCUT2D eigenvalue weighted by Gasteiger charge is -2.30. The maximum atomic E-state index is 12.7. The van der Waals surface area contributed by atoms with Crippen LogP contribution in [-0.4, -0.2) is 38.7 Å². The second-order valence-corrected chi connectivity index (χ2v) is 4.69. The van der Waals surface area contributed by atoms with Gasteiger partial charge in [0.05, 0.1) is 5.56 Å². The average molecular weight is 302 g/mol. The minimum atomic E-state index is -4.73. The third-order valence-corrected chi connectivity index (χ3v) is 3.29. The Morgan fingerprint density at radius 2 is 2.05 bits per heavy atom. The number of phenolic OH excluding ortho intramolecular Hbond substituents is 1. The maximum absolute atomic E-state index is 12.7. The van der Waals surface area contributed by atoms with Crippen LogP contribution in [0.5, 0.6) is 5.75 Å². The lowest BCUT2D eigenvalue weighted by molar-refractivity contribution is -0.0785. The summed E-state index contributed by atoms with van der Waals surface area (Å²) in [4.78, 5) is 12.2. The summed E-state index contributed by atoms with van der Waals surface area (Å²) in [6.45, 7) is 1.44. The van der Waals surface area contributed by atoms with Gasteiger partial charge in [-0.3, -0.25) is 4.79 Å². The fourth-order valence-electron chi connectivity index (χ4n) is 2.03. The molecular formula is C13H13F3N2O3. The first-order valence-corrected chi connectivity index (χ1v) is 6.18. The minimum absolute atomic E-state index is 0.130. The number of nitrogens with zero attached hydrogens (tertiary/aromatic N) is 2. The van der Waals surface area contributed by atoms with Gasteiger partial charge in [-0.2, -0.15) is 23.3 Å². The molecule has 1 unspecified atom stereocenters. The van der Waals surface area contributed by atoms with Crippen molar-refractivity contribution in [1.29, 1.82) is 0 Å². The van der Waals surface area contributed by atoms with Gasteiger partial charge in [0.2, 0.25) is 0 Å². The van der Waals surface area contributed by atoms with Crippen molar-refractivity contribution in [2.45, 2.75) is 31.7 Å². The molecular weight excluding hydrogens is 289 g/mol. The fourth-order valence-corrected chi connectivity index (χ4v) is 2.03. The molecule has 21 heavy (non-hydrogen) atoms. The van der Waals surface area contributed by atoms with Crippen LogP contribution in [0.1, 0.15) is 30.1 Å². The zero-order chi connectivity index (χ0) is 15.8. The predicted octanol–water partition coefficient (Wildman–Crippen LogP) is 2.26. The maximum Gasteiger partial charge on any atom is 0.431 e. The van der Waals surface area contributed by atoms with Crippen LogP contribution < -0.4 is 0 Å². The molecule has 0 saturated heterocycles. The molecule has 0 spiro atoms. The molecule has 2 rings (SSSR count). The van der Waals surface area contributed by atoms with E-state index in [1.54, 1.807) is 0 Å². The molecule has 1 aromatic carbocycles. The lowest BCUT2D eigenvalue weighted by atomic mass is 10.0. The Morgan fingerprint density at radius 3 is 2.57 bits per heavy atom. The summed E-state index contributed by atoms with van der Waals surface area (Å²) in [5.41, 5.74) is -3.50. The number of hydrogen-bond acceptors (Lipinski definition) is 4. The van der Waals surface area contributed by atoms with Gasteiger partial charge in [0, 0.05) is 6.42 Å². The van der Waals surface area contributed by atoms with Gasteiger partial charge < -0.3 is 10.2 Å². The summed E-state index contributed by atoms with van der Waals surface area (Å²) in [6.07, 6.45) is -5.65. The van der Waals surface area contributed by atoms with E-state index in [4.69, 9.17) is 0 Å². The molecule has 5 nitrogen and oxygen atoms in total. The highest BCUT2D eigenvalue weighted by Crippen LogP contribution is 2.36. The lowest BCUT2D eigenvalue weighted by Crippen LogP contribution is -2.45. The van der Waals surface area contributed by atoms with Crippen LogP contribution in [-0.2, 0) is 0 Å². The smallest absolute Gasteiger partial charge is 0.431 e. The fraction of sp³-hybridized carbons (Fsp3) is 0.385. The van der Waals surface area contributed by atoms with Crippen molar-refractivity contribution in [2.75, 3.05) is 0 Å². The van der Waals surface area contributed by atoms with Crippen LogP contribution in [0.2, 0.25) is 0 Å². The van der Waals surface area contributed by atoms with Crippen molar-refractivity contribution >= 4 is 11.6 Å². The second-order valence-electron chi connectivity index (χ2n) is 4.69. The van der Waals surface area contributed by atoms with E-state index in [-0.39, 0.29) is 12.0 Å². The number of hydrogen-bond donors (Lipinski definition) is 2. The highest BCUT2D eigenvalue weighted by molar-refractivity contribution is 6.01. The van der Waals surface area contributed by atoms with E-state index < -0.39 is 35.7 Å². The van der Waals surface area contributed by atoms with Crippen molar-refractivity contribution in [1.82, 2.24) is 5.01 Å².